The number of rotatable bonds is 3. The van der Waals surface area contributed by atoms with Crippen LogP contribution in [0.3, 0.4) is 0 Å². The van der Waals surface area contributed by atoms with E-state index in [0.29, 0.717) is 5.56 Å². The number of carboxylic acids is 1. The summed E-state index contributed by atoms with van der Waals surface area (Å²) in [4.78, 5) is 14.1. The topological polar surface area (TPSA) is 59.0 Å². The Balaban J connectivity index is 1.62. The van der Waals surface area contributed by atoms with Crippen molar-refractivity contribution in [3.63, 3.8) is 0 Å². The number of carboxylic acid groups (broad SMARTS) is 1. The highest BCUT2D eigenvalue weighted by molar-refractivity contribution is 5.89. The van der Waals surface area contributed by atoms with Gasteiger partial charge in [-0.15, -0.1) is 0 Å². The summed E-state index contributed by atoms with van der Waals surface area (Å²) in [6, 6.07) is 11.5. The molecule has 5 rings (SSSR count). The molecule has 3 aliphatic rings. The van der Waals surface area contributed by atoms with Crippen LogP contribution in [-0.2, 0) is 12.0 Å². The van der Waals surface area contributed by atoms with Crippen molar-refractivity contribution < 1.29 is 19.4 Å². The summed E-state index contributed by atoms with van der Waals surface area (Å²) < 4.78 is 12.2. The lowest BCUT2D eigenvalue weighted by Gasteiger charge is -2.37. The first kappa shape index (κ1) is 18.3. The monoisotopic (exact) mass is 391 g/mol. The largest absolute Gasteiger partial charge is 0.493 e. The van der Waals surface area contributed by atoms with Crippen molar-refractivity contribution in [3.05, 3.63) is 70.8 Å². The van der Waals surface area contributed by atoms with Crippen LogP contribution in [0.5, 0.6) is 11.5 Å². The highest BCUT2D eigenvalue weighted by atomic mass is 16.5. The zero-order valence-corrected chi connectivity index (χ0v) is 16.7. The summed E-state index contributed by atoms with van der Waals surface area (Å²) in [6.07, 6.45) is 6.19. The number of methoxy groups -OCH3 is 1. The average molecular weight is 391 g/mol. The lowest BCUT2D eigenvalue weighted by Crippen LogP contribution is -2.41. The SMILES string of the molecule is COc1ccc2c3c1O[C@H]1C[C@@H](c4ccccc4C(=O)O)C=C[C@@]31CCN(C)C2. The van der Waals surface area contributed by atoms with Crippen LogP contribution >= 0.6 is 0 Å². The minimum atomic E-state index is -0.884. The molecule has 0 unspecified atom stereocenters. The van der Waals surface area contributed by atoms with E-state index in [-0.39, 0.29) is 17.4 Å². The predicted molar refractivity (Wildman–Crippen MR) is 110 cm³/mol. The van der Waals surface area contributed by atoms with Crippen LogP contribution in [-0.4, -0.2) is 42.8 Å². The van der Waals surface area contributed by atoms with Crippen LogP contribution in [0.4, 0.5) is 0 Å². The first-order chi connectivity index (χ1) is 14.0. The fraction of sp³-hybridized carbons (Fsp3) is 0.375. The molecular formula is C24H25NO4. The first-order valence-corrected chi connectivity index (χ1v) is 10.1. The molecule has 0 amide bonds. The Kier molecular flexibility index (Phi) is 4.17. The molecule has 3 atom stereocenters. The molecule has 0 fully saturated rings. The molecule has 0 bridgehead atoms. The van der Waals surface area contributed by atoms with Gasteiger partial charge in [0.15, 0.2) is 11.5 Å². The molecule has 2 heterocycles. The minimum Gasteiger partial charge on any atom is -0.493 e. The van der Waals surface area contributed by atoms with Gasteiger partial charge in [-0.25, -0.2) is 4.79 Å². The zero-order valence-electron chi connectivity index (χ0n) is 16.7. The van der Waals surface area contributed by atoms with Gasteiger partial charge in [-0.1, -0.05) is 36.4 Å². The van der Waals surface area contributed by atoms with Crippen molar-refractivity contribution >= 4 is 5.97 Å². The number of allylic oxidation sites excluding steroid dienone is 1. The Morgan fingerprint density at radius 3 is 2.90 bits per heavy atom. The second-order valence-electron chi connectivity index (χ2n) is 8.36. The van der Waals surface area contributed by atoms with E-state index < -0.39 is 5.97 Å². The van der Waals surface area contributed by atoms with Crippen LogP contribution in [0.2, 0.25) is 0 Å². The van der Waals surface area contributed by atoms with E-state index in [9.17, 15) is 9.90 Å². The minimum absolute atomic E-state index is 0.0164. The Morgan fingerprint density at radius 1 is 1.28 bits per heavy atom. The van der Waals surface area contributed by atoms with Crippen LogP contribution in [0.1, 0.15) is 45.8 Å². The Morgan fingerprint density at radius 2 is 2.10 bits per heavy atom. The maximum atomic E-state index is 11.7. The van der Waals surface area contributed by atoms with Gasteiger partial charge in [0.1, 0.15) is 6.10 Å². The van der Waals surface area contributed by atoms with Crippen LogP contribution in [0.25, 0.3) is 0 Å². The number of hydrogen-bond acceptors (Lipinski definition) is 4. The molecule has 2 aromatic rings. The molecule has 2 aromatic carbocycles. The van der Waals surface area contributed by atoms with Gasteiger partial charge in [-0.05, 0) is 49.7 Å². The number of ether oxygens (including phenoxy) is 2. The summed E-state index contributed by atoms with van der Waals surface area (Å²) in [5.41, 5.74) is 3.58. The molecule has 1 aliphatic carbocycles. The number of carbonyl (C=O) groups is 1. The number of aromatic carboxylic acids is 1. The molecule has 5 nitrogen and oxygen atoms in total. The predicted octanol–water partition coefficient (Wildman–Crippen LogP) is 3.97. The van der Waals surface area contributed by atoms with E-state index in [0.717, 1.165) is 43.0 Å². The molecular weight excluding hydrogens is 366 g/mol. The highest BCUT2D eigenvalue weighted by Gasteiger charge is 2.52. The smallest absolute Gasteiger partial charge is 0.335 e. The third-order valence-electron chi connectivity index (χ3n) is 6.76. The first-order valence-electron chi connectivity index (χ1n) is 10.1. The standard InChI is InChI=1S/C24H25NO4/c1-25-12-11-24-10-9-15(17-5-3-4-6-18(17)23(26)27)13-20(24)29-22-19(28-2)8-7-16(14-25)21(22)24/h3-10,15,20H,11-14H2,1-2H3,(H,26,27)/t15-,20-,24-/m0/s1. The van der Waals surface area contributed by atoms with Crippen LogP contribution in [0, 0.1) is 0 Å². The number of nitrogens with zero attached hydrogens (tertiary/aromatic N) is 1. The lowest BCUT2D eigenvalue weighted by molar-refractivity contribution is 0.0694. The van der Waals surface area contributed by atoms with Crippen molar-refractivity contribution in [2.75, 3.05) is 20.7 Å². The van der Waals surface area contributed by atoms with Crippen LogP contribution < -0.4 is 9.47 Å². The fourth-order valence-electron chi connectivity index (χ4n) is 5.34. The Bertz CT molecular complexity index is 1010. The lowest BCUT2D eigenvalue weighted by atomic mass is 9.66. The summed E-state index contributed by atoms with van der Waals surface area (Å²) >= 11 is 0. The van der Waals surface area contributed by atoms with Gasteiger partial charge >= 0.3 is 5.97 Å². The van der Waals surface area contributed by atoms with Crippen molar-refractivity contribution in [1.29, 1.82) is 0 Å². The van der Waals surface area contributed by atoms with E-state index in [1.807, 2.05) is 18.2 Å². The van der Waals surface area contributed by atoms with E-state index >= 15 is 0 Å². The normalized spacial score (nSPS) is 27.5. The summed E-state index contributed by atoms with van der Waals surface area (Å²) in [7, 11) is 3.84. The quantitative estimate of drug-likeness (QED) is 0.803. The van der Waals surface area contributed by atoms with Gasteiger partial charge in [0.05, 0.1) is 18.1 Å². The van der Waals surface area contributed by atoms with Gasteiger partial charge in [0.2, 0.25) is 0 Å². The molecule has 5 heteroatoms. The average Bonchev–Trinajstić information content (AvgIpc) is 2.99. The second kappa shape index (κ2) is 6.63. The molecule has 0 saturated heterocycles. The maximum Gasteiger partial charge on any atom is 0.335 e. The van der Waals surface area contributed by atoms with Gasteiger partial charge in [-0.2, -0.15) is 0 Å². The molecule has 29 heavy (non-hydrogen) atoms. The molecule has 1 spiro atoms. The molecule has 150 valence electrons. The molecule has 2 aliphatic heterocycles. The van der Waals surface area contributed by atoms with Gasteiger partial charge in [-0.3, -0.25) is 0 Å². The molecule has 0 radical (unpaired) electrons. The Hall–Kier alpha value is -2.79. The van der Waals surface area contributed by atoms with Gasteiger partial charge < -0.3 is 19.5 Å². The summed E-state index contributed by atoms with van der Waals surface area (Å²) in [5.74, 6) is 0.771. The van der Waals surface area contributed by atoms with E-state index in [1.54, 1.807) is 19.2 Å². The number of hydrogen-bond donors (Lipinski definition) is 1. The molecule has 0 aromatic heterocycles. The van der Waals surface area contributed by atoms with Crippen LogP contribution in [0.15, 0.2) is 48.6 Å². The third kappa shape index (κ3) is 2.68. The second-order valence-corrected chi connectivity index (χ2v) is 8.36. The molecule has 0 saturated carbocycles. The van der Waals surface area contributed by atoms with Crippen molar-refractivity contribution in [1.82, 2.24) is 4.90 Å². The van der Waals surface area contributed by atoms with Crippen molar-refractivity contribution in [2.24, 2.45) is 0 Å². The maximum absolute atomic E-state index is 11.7. The van der Waals surface area contributed by atoms with E-state index in [1.165, 1.54) is 11.1 Å². The van der Waals surface area contributed by atoms with Crippen molar-refractivity contribution in [2.45, 2.75) is 36.8 Å². The Labute approximate surface area is 170 Å². The van der Waals surface area contributed by atoms with Crippen molar-refractivity contribution in [3.8, 4) is 11.5 Å². The van der Waals surface area contributed by atoms with E-state index in [2.05, 4.69) is 30.2 Å². The molecule has 1 N–H and O–H groups in total. The van der Waals surface area contributed by atoms with E-state index in [4.69, 9.17) is 9.47 Å². The third-order valence-corrected chi connectivity index (χ3v) is 6.76. The number of benzene rings is 2. The summed E-state index contributed by atoms with van der Waals surface area (Å²) in [5, 5.41) is 9.63. The highest BCUT2D eigenvalue weighted by Crippen LogP contribution is 2.57. The fourth-order valence-corrected chi connectivity index (χ4v) is 5.34. The van der Waals surface area contributed by atoms with Gasteiger partial charge in [0.25, 0.3) is 0 Å². The van der Waals surface area contributed by atoms with Gasteiger partial charge in [0, 0.05) is 18.0 Å². The zero-order chi connectivity index (χ0) is 20.2. The summed E-state index contributed by atoms with van der Waals surface area (Å²) in [6.45, 7) is 1.88.